The Labute approximate surface area is 144 Å². The Hall–Kier alpha value is -3.42. The van der Waals surface area contributed by atoms with Gasteiger partial charge in [0.25, 0.3) is 0 Å². The molecule has 0 bridgehead atoms. The number of rotatable bonds is 6. The van der Waals surface area contributed by atoms with E-state index in [9.17, 15) is 9.59 Å². The standard InChI is InChI=1S/C17H18N4O4/c1-24-14-7-5-8-15(25-2)13(14)11-20-21-17(23)16(22)19-10-12-6-3-4-9-18-12/h3-9,11H,10H2,1-2H3,(H,19,22)(H,21,23)/b20-11-. The topological polar surface area (TPSA) is 102 Å². The van der Waals surface area contributed by atoms with Crippen LogP contribution in [0, 0.1) is 0 Å². The lowest BCUT2D eigenvalue weighted by molar-refractivity contribution is -0.139. The van der Waals surface area contributed by atoms with Gasteiger partial charge in [0.05, 0.1) is 38.2 Å². The number of nitrogens with one attached hydrogen (secondary N) is 2. The lowest BCUT2D eigenvalue weighted by atomic mass is 10.2. The average Bonchev–Trinajstić information content (AvgIpc) is 2.66. The number of aromatic nitrogens is 1. The number of nitrogens with zero attached hydrogens (tertiary/aromatic N) is 2. The summed E-state index contributed by atoms with van der Waals surface area (Å²) < 4.78 is 10.4. The van der Waals surface area contributed by atoms with Crippen molar-refractivity contribution >= 4 is 18.0 Å². The minimum absolute atomic E-state index is 0.150. The van der Waals surface area contributed by atoms with E-state index in [1.165, 1.54) is 20.4 Å². The molecular weight excluding hydrogens is 324 g/mol. The number of carbonyl (C=O) groups excluding carboxylic acids is 2. The first-order valence-electron chi connectivity index (χ1n) is 7.38. The molecule has 2 amide bonds. The molecule has 0 aliphatic heterocycles. The first kappa shape index (κ1) is 17.9. The molecule has 0 saturated heterocycles. The van der Waals surface area contributed by atoms with Gasteiger partial charge in [-0.05, 0) is 24.3 Å². The number of pyridine rings is 1. The molecule has 0 spiro atoms. The van der Waals surface area contributed by atoms with Crippen LogP contribution >= 0.6 is 0 Å². The molecule has 2 rings (SSSR count). The third-order valence-electron chi connectivity index (χ3n) is 3.19. The lowest BCUT2D eigenvalue weighted by Crippen LogP contribution is -2.37. The summed E-state index contributed by atoms with van der Waals surface area (Å²) in [4.78, 5) is 27.5. The molecule has 0 fully saturated rings. The van der Waals surface area contributed by atoms with Gasteiger partial charge in [0.15, 0.2) is 0 Å². The van der Waals surface area contributed by atoms with E-state index < -0.39 is 11.8 Å². The number of methoxy groups -OCH3 is 2. The van der Waals surface area contributed by atoms with Crippen molar-refractivity contribution in [2.24, 2.45) is 5.10 Å². The number of ether oxygens (including phenoxy) is 2. The maximum Gasteiger partial charge on any atom is 0.329 e. The molecule has 0 radical (unpaired) electrons. The van der Waals surface area contributed by atoms with Gasteiger partial charge in [-0.25, -0.2) is 5.43 Å². The Balaban J connectivity index is 1.93. The normalized spacial score (nSPS) is 10.3. The van der Waals surface area contributed by atoms with E-state index in [2.05, 4.69) is 20.8 Å². The lowest BCUT2D eigenvalue weighted by Gasteiger charge is -2.09. The van der Waals surface area contributed by atoms with E-state index in [4.69, 9.17) is 9.47 Å². The molecule has 2 aromatic rings. The fourth-order valence-electron chi connectivity index (χ4n) is 1.97. The predicted octanol–water partition coefficient (Wildman–Crippen LogP) is 0.865. The minimum atomic E-state index is -0.888. The third kappa shape index (κ3) is 5.03. The summed E-state index contributed by atoms with van der Waals surface area (Å²) in [5, 5.41) is 6.23. The number of hydrazone groups is 1. The summed E-state index contributed by atoms with van der Waals surface area (Å²) >= 11 is 0. The summed E-state index contributed by atoms with van der Waals surface area (Å²) in [5.41, 5.74) is 3.34. The third-order valence-corrected chi connectivity index (χ3v) is 3.19. The van der Waals surface area contributed by atoms with Gasteiger partial charge in [0.2, 0.25) is 0 Å². The van der Waals surface area contributed by atoms with Crippen LogP contribution in [0.25, 0.3) is 0 Å². The smallest absolute Gasteiger partial charge is 0.329 e. The maximum atomic E-state index is 11.7. The molecule has 0 atom stereocenters. The van der Waals surface area contributed by atoms with E-state index >= 15 is 0 Å². The Morgan fingerprint density at radius 3 is 2.40 bits per heavy atom. The van der Waals surface area contributed by atoms with Crippen LogP contribution in [0.4, 0.5) is 0 Å². The quantitative estimate of drug-likeness (QED) is 0.461. The van der Waals surface area contributed by atoms with Gasteiger partial charge in [-0.15, -0.1) is 0 Å². The Bertz CT molecular complexity index is 740. The predicted molar refractivity (Wildman–Crippen MR) is 91.4 cm³/mol. The van der Waals surface area contributed by atoms with Crippen molar-refractivity contribution in [3.8, 4) is 11.5 Å². The molecular formula is C17H18N4O4. The van der Waals surface area contributed by atoms with Crippen LogP contribution in [0.3, 0.4) is 0 Å². The number of amides is 2. The first-order valence-corrected chi connectivity index (χ1v) is 7.38. The molecule has 8 heteroatoms. The Kier molecular flexibility index (Phi) is 6.47. The minimum Gasteiger partial charge on any atom is -0.496 e. The molecule has 0 aliphatic carbocycles. The van der Waals surface area contributed by atoms with Gasteiger partial charge in [-0.2, -0.15) is 5.10 Å². The van der Waals surface area contributed by atoms with Gasteiger partial charge < -0.3 is 14.8 Å². The number of benzene rings is 1. The molecule has 130 valence electrons. The maximum absolute atomic E-state index is 11.7. The van der Waals surface area contributed by atoms with Gasteiger partial charge in [0.1, 0.15) is 11.5 Å². The molecule has 1 aromatic heterocycles. The van der Waals surface area contributed by atoms with Crippen LogP contribution in [0.2, 0.25) is 0 Å². The van der Waals surface area contributed by atoms with E-state index in [0.717, 1.165) is 0 Å². The van der Waals surface area contributed by atoms with Crippen LogP contribution in [-0.2, 0) is 16.1 Å². The summed E-state index contributed by atoms with van der Waals surface area (Å²) in [6, 6.07) is 10.5. The highest BCUT2D eigenvalue weighted by Gasteiger charge is 2.13. The molecule has 1 aromatic carbocycles. The summed E-state index contributed by atoms with van der Waals surface area (Å²) in [6.07, 6.45) is 2.95. The van der Waals surface area contributed by atoms with E-state index in [1.54, 1.807) is 42.6 Å². The van der Waals surface area contributed by atoms with Gasteiger partial charge >= 0.3 is 11.8 Å². The molecule has 0 unspecified atom stereocenters. The second-order valence-electron chi connectivity index (χ2n) is 4.78. The highest BCUT2D eigenvalue weighted by molar-refractivity contribution is 6.35. The average molecular weight is 342 g/mol. The van der Waals surface area contributed by atoms with E-state index in [0.29, 0.717) is 22.8 Å². The highest BCUT2D eigenvalue weighted by atomic mass is 16.5. The molecule has 25 heavy (non-hydrogen) atoms. The van der Waals surface area contributed by atoms with Gasteiger partial charge in [-0.3, -0.25) is 14.6 Å². The zero-order valence-electron chi connectivity index (χ0n) is 13.9. The van der Waals surface area contributed by atoms with Crippen LogP contribution in [0.1, 0.15) is 11.3 Å². The summed E-state index contributed by atoms with van der Waals surface area (Å²) in [6.45, 7) is 0.150. The number of hydrogen-bond acceptors (Lipinski definition) is 6. The van der Waals surface area contributed by atoms with Crippen molar-refractivity contribution in [3.63, 3.8) is 0 Å². The second-order valence-corrected chi connectivity index (χ2v) is 4.78. The molecule has 1 heterocycles. The van der Waals surface area contributed by atoms with Crippen molar-refractivity contribution in [2.45, 2.75) is 6.54 Å². The highest BCUT2D eigenvalue weighted by Crippen LogP contribution is 2.25. The largest absolute Gasteiger partial charge is 0.496 e. The van der Waals surface area contributed by atoms with E-state index in [1.807, 2.05) is 0 Å². The van der Waals surface area contributed by atoms with Crippen LogP contribution in [-0.4, -0.2) is 37.2 Å². The van der Waals surface area contributed by atoms with Crippen molar-refractivity contribution in [1.82, 2.24) is 15.7 Å². The zero-order chi connectivity index (χ0) is 18.1. The van der Waals surface area contributed by atoms with Crippen molar-refractivity contribution < 1.29 is 19.1 Å². The van der Waals surface area contributed by atoms with Crippen LogP contribution in [0.15, 0.2) is 47.7 Å². The molecule has 0 aliphatic rings. The second kappa shape index (κ2) is 9.02. The summed E-state index contributed by atoms with van der Waals surface area (Å²) in [7, 11) is 3.02. The van der Waals surface area contributed by atoms with Gasteiger partial charge in [0, 0.05) is 6.20 Å². The monoisotopic (exact) mass is 342 g/mol. The summed E-state index contributed by atoms with van der Waals surface area (Å²) in [5.74, 6) is -0.648. The van der Waals surface area contributed by atoms with Crippen LogP contribution < -0.4 is 20.2 Å². The number of carbonyl (C=O) groups is 2. The Morgan fingerprint density at radius 2 is 1.80 bits per heavy atom. The fraction of sp³-hybridized carbons (Fsp3) is 0.176. The zero-order valence-corrected chi connectivity index (χ0v) is 13.9. The fourth-order valence-corrected chi connectivity index (χ4v) is 1.97. The molecule has 8 nitrogen and oxygen atoms in total. The van der Waals surface area contributed by atoms with Crippen molar-refractivity contribution in [2.75, 3.05) is 14.2 Å². The number of hydrogen-bond donors (Lipinski definition) is 2. The Morgan fingerprint density at radius 1 is 1.08 bits per heavy atom. The van der Waals surface area contributed by atoms with Crippen molar-refractivity contribution in [3.05, 3.63) is 53.9 Å². The van der Waals surface area contributed by atoms with Crippen molar-refractivity contribution in [1.29, 1.82) is 0 Å². The molecule has 0 saturated carbocycles. The van der Waals surface area contributed by atoms with Gasteiger partial charge in [-0.1, -0.05) is 12.1 Å². The first-order chi connectivity index (χ1) is 12.2. The van der Waals surface area contributed by atoms with Crippen LogP contribution in [0.5, 0.6) is 11.5 Å². The molecule has 2 N–H and O–H groups in total. The SMILES string of the molecule is COc1cccc(OC)c1/C=N\NC(=O)C(=O)NCc1ccccn1. The van der Waals surface area contributed by atoms with E-state index in [-0.39, 0.29) is 6.54 Å².